The molecule has 0 bridgehead atoms. The molecule has 4 heteroatoms. The molecule has 0 aliphatic carbocycles. The molecule has 90 valence electrons. The van der Waals surface area contributed by atoms with E-state index in [1.165, 1.54) is 0 Å². The molecule has 0 unspecified atom stereocenters. The first-order valence-corrected chi connectivity index (χ1v) is 5.73. The molecule has 0 amide bonds. The van der Waals surface area contributed by atoms with Gasteiger partial charge < -0.3 is 10.5 Å². The van der Waals surface area contributed by atoms with Crippen molar-refractivity contribution in [3.63, 3.8) is 0 Å². The number of benzene rings is 2. The van der Waals surface area contributed by atoms with Gasteiger partial charge in [-0.3, -0.25) is 0 Å². The molecule has 0 saturated carbocycles. The van der Waals surface area contributed by atoms with Crippen molar-refractivity contribution in [2.75, 3.05) is 5.73 Å². The molecule has 0 radical (unpaired) electrons. The summed E-state index contributed by atoms with van der Waals surface area (Å²) in [5.41, 5.74) is 7.71. The topological polar surface area (TPSA) is 59.0 Å². The van der Waals surface area contributed by atoms with Gasteiger partial charge in [0, 0.05) is 16.3 Å². The second-order valence-electron chi connectivity index (χ2n) is 3.78. The molecule has 18 heavy (non-hydrogen) atoms. The third-order valence-electron chi connectivity index (χ3n) is 2.43. The van der Waals surface area contributed by atoms with Crippen molar-refractivity contribution < 1.29 is 4.74 Å². The van der Waals surface area contributed by atoms with Crippen LogP contribution in [0.1, 0.15) is 11.1 Å². The van der Waals surface area contributed by atoms with Gasteiger partial charge in [-0.1, -0.05) is 17.7 Å². The smallest absolute Gasteiger partial charge is 0.121 e. The summed E-state index contributed by atoms with van der Waals surface area (Å²) in [6.45, 7) is 0.318. The molecule has 2 rings (SSSR count). The van der Waals surface area contributed by atoms with Gasteiger partial charge in [0.25, 0.3) is 0 Å². The van der Waals surface area contributed by atoms with Crippen LogP contribution < -0.4 is 10.5 Å². The highest BCUT2D eigenvalue weighted by molar-refractivity contribution is 6.31. The van der Waals surface area contributed by atoms with Gasteiger partial charge in [-0.2, -0.15) is 5.26 Å². The van der Waals surface area contributed by atoms with E-state index in [1.807, 2.05) is 0 Å². The molecule has 0 atom stereocenters. The van der Waals surface area contributed by atoms with E-state index in [0.29, 0.717) is 28.6 Å². The van der Waals surface area contributed by atoms with Crippen molar-refractivity contribution in [3.05, 3.63) is 58.6 Å². The molecule has 3 nitrogen and oxygen atoms in total. The third kappa shape index (κ3) is 2.93. The Morgan fingerprint density at radius 3 is 2.83 bits per heavy atom. The van der Waals surface area contributed by atoms with E-state index in [0.717, 1.165) is 5.56 Å². The molecular weight excluding hydrogens is 248 g/mol. The van der Waals surface area contributed by atoms with Gasteiger partial charge in [0.2, 0.25) is 0 Å². The predicted octanol–water partition coefficient (Wildman–Crippen LogP) is 3.37. The maximum Gasteiger partial charge on any atom is 0.121 e. The number of ether oxygens (including phenoxy) is 1. The fourth-order valence-corrected chi connectivity index (χ4v) is 1.69. The van der Waals surface area contributed by atoms with Crippen molar-refractivity contribution >= 4 is 17.3 Å². The van der Waals surface area contributed by atoms with Crippen molar-refractivity contribution in [1.29, 1.82) is 5.26 Å². The standard InChI is InChI=1S/C14H11ClN2O/c15-14-5-4-12(17)7-11(14)9-18-13-3-1-2-10(6-13)8-16/h1-7H,9,17H2. The van der Waals surface area contributed by atoms with Crippen LogP contribution in [-0.2, 0) is 6.61 Å². The molecule has 2 aromatic rings. The summed E-state index contributed by atoms with van der Waals surface area (Å²) in [4.78, 5) is 0. The van der Waals surface area contributed by atoms with Crippen LogP contribution in [0, 0.1) is 11.3 Å². The van der Waals surface area contributed by atoms with Crippen LogP contribution in [0.3, 0.4) is 0 Å². The second-order valence-corrected chi connectivity index (χ2v) is 4.19. The third-order valence-corrected chi connectivity index (χ3v) is 2.80. The fourth-order valence-electron chi connectivity index (χ4n) is 1.52. The predicted molar refractivity (Wildman–Crippen MR) is 71.4 cm³/mol. The zero-order valence-electron chi connectivity index (χ0n) is 9.56. The van der Waals surface area contributed by atoms with Crippen molar-refractivity contribution in [3.8, 4) is 11.8 Å². The van der Waals surface area contributed by atoms with Gasteiger partial charge in [0.05, 0.1) is 11.6 Å². The van der Waals surface area contributed by atoms with Gasteiger partial charge in [-0.25, -0.2) is 0 Å². The molecule has 0 aliphatic rings. The van der Waals surface area contributed by atoms with Crippen molar-refractivity contribution in [2.45, 2.75) is 6.61 Å². The fraction of sp³-hybridized carbons (Fsp3) is 0.0714. The number of rotatable bonds is 3. The number of hydrogen-bond donors (Lipinski definition) is 1. The summed E-state index contributed by atoms with van der Waals surface area (Å²) in [7, 11) is 0. The zero-order valence-corrected chi connectivity index (χ0v) is 10.3. The number of nitriles is 1. The van der Waals surface area contributed by atoms with Crippen molar-refractivity contribution in [2.24, 2.45) is 0 Å². The Hall–Kier alpha value is -2.18. The molecule has 2 N–H and O–H groups in total. The lowest BCUT2D eigenvalue weighted by Gasteiger charge is -2.08. The van der Waals surface area contributed by atoms with E-state index in [-0.39, 0.29) is 0 Å². The Balaban J connectivity index is 2.11. The molecular formula is C14H11ClN2O. The van der Waals surface area contributed by atoms with Crippen molar-refractivity contribution in [1.82, 2.24) is 0 Å². The largest absolute Gasteiger partial charge is 0.489 e. The number of anilines is 1. The second kappa shape index (κ2) is 5.44. The SMILES string of the molecule is N#Cc1cccc(OCc2cc(N)ccc2Cl)c1. The van der Waals surface area contributed by atoms with Crippen LogP contribution in [0.2, 0.25) is 5.02 Å². The van der Waals surface area contributed by atoms with E-state index in [1.54, 1.807) is 42.5 Å². The highest BCUT2D eigenvalue weighted by Gasteiger charge is 2.02. The normalized spacial score (nSPS) is 9.78. The Kier molecular flexibility index (Phi) is 3.71. The van der Waals surface area contributed by atoms with Gasteiger partial charge in [-0.15, -0.1) is 0 Å². The molecule has 0 aromatic heterocycles. The first-order chi connectivity index (χ1) is 8.69. The number of hydrogen-bond acceptors (Lipinski definition) is 3. The molecule has 0 saturated heterocycles. The van der Waals surface area contributed by atoms with Crippen LogP contribution in [0.4, 0.5) is 5.69 Å². The molecule has 2 aromatic carbocycles. The minimum Gasteiger partial charge on any atom is -0.489 e. The van der Waals surface area contributed by atoms with Gasteiger partial charge in [0.1, 0.15) is 12.4 Å². The van der Waals surface area contributed by atoms with Crippen LogP contribution in [0.25, 0.3) is 0 Å². The highest BCUT2D eigenvalue weighted by Crippen LogP contribution is 2.21. The van der Waals surface area contributed by atoms with E-state index in [9.17, 15) is 0 Å². The lowest BCUT2D eigenvalue weighted by Crippen LogP contribution is -1.98. The summed E-state index contributed by atoms with van der Waals surface area (Å²) >= 11 is 6.03. The molecule has 0 fully saturated rings. The molecule has 0 heterocycles. The van der Waals surface area contributed by atoms with Gasteiger partial charge >= 0.3 is 0 Å². The lowest BCUT2D eigenvalue weighted by atomic mass is 10.2. The van der Waals surface area contributed by atoms with E-state index < -0.39 is 0 Å². The summed E-state index contributed by atoms with van der Waals surface area (Å²) in [6, 6.07) is 14.3. The number of nitrogens with two attached hydrogens (primary N) is 1. The van der Waals surface area contributed by atoms with E-state index in [2.05, 4.69) is 6.07 Å². The van der Waals surface area contributed by atoms with Crippen LogP contribution >= 0.6 is 11.6 Å². The maximum absolute atomic E-state index is 8.78. The summed E-state index contributed by atoms with van der Waals surface area (Å²) in [6.07, 6.45) is 0. The number of nitrogen functional groups attached to an aromatic ring is 1. The minimum atomic E-state index is 0.318. The highest BCUT2D eigenvalue weighted by atomic mass is 35.5. The lowest BCUT2D eigenvalue weighted by molar-refractivity contribution is 0.306. The van der Waals surface area contributed by atoms with Crippen LogP contribution in [0.5, 0.6) is 5.75 Å². The monoisotopic (exact) mass is 258 g/mol. The first-order valence-electron chi connectivity index (χ1n) is 5.36. The Labute approximate surface area is 110 Å². The van der Waals surface area contributed by atoms with E-state index in [4.69, 9.17) is 27.3 Å². The van der Waals surface area contributed by atoms with Gasteiger partial charge in [-0.05, 0) is 36.4 Å². The summed E-state index contributed by atoms with van der Waals surface area (Å²) in [5, 5.41) is 9.40. The Morgan fingerprint density at radius 1 is 1.22 bits per heavy atom. The average Bonchev–Trinajstić information content (AvgIpc) is 2.40. The minimum absolute atomic E-state index is 0.318. The number of halogens is 1. The summed E-state index contributed by atoms with van der Waals surface area (Å²) in [5.74, 6) is 0.632. The maximum atomic E-state index is 8.78. The van der Waals surface area contributed by atoms with Gasteiger partial charge in [0.15, 0.2) is 0 Å². The summed E-state index contributed by atoms with van der Waals surface area (Å²) < 4.78 is 5.58. The van der Waals surface area contributed by atoms with Crippen LogP contribution in [-0.4, -0.2) is 0 Å². The quantitative estimate of drug-likeness (QED) is 0.859. The molecule has 0 spiro atoms. The first kappa shape index (κ1) is 12.3. The van der Waals surface area contributed by atoms with Crippen LogP contribution in [0.15, 0.2) is 42.5 Å². The average molecular weight is 259 g/mol. The zero-order chi connectivity index (χ0) is 13.0. The number of nitrogens with zero attached hydrogens (tertiary/aromatic N) is 1. The Bertz CT molecular complexity index is 605. The Morgan fingerprint density at radius 2 is 2.06 bits per heavy atom. The van der Waals surface area contributed by atoms with E-state index >= 15 is 0 Å². The molecule has 0 aliphatic heterocycles.